The molecule has 0 bridgehead atoms. The van der Waals surface area contributed by atoms with E-state index in [1.54, 1.807) is 37.6 Å². The van der Waals surface area contributed by atoms with Crippen molar-refractivity contribution in [3.63, 3.8) is 0 Å². The predicted octanol–water partition coefficient (Wildman–Crippen LogP) is 3.20. The van der Waals surface area contributed by atoms with Gasteiger partial charge in [-0.2, -0.15) is 0 Å². The molecule has 0 unspecified atom stereocenters. The Hall–Kier alpha value is -2.27. The lowest BCUT2D eigenvalue weighted by Crippen LogP contribution is -2.01. The number of aromatic nitrogens is 1. The minimum Gasteiger partial charge on any atom is -0.493 e. The van der Waals surface area contributed by atoms with Gasteiger partial charge in [0.1, 0.15) is 11.6 Å². The Labute approximate surface area is 124 Å². The Bertz CT molecular complexity index is 587. The topological polar surface area (TPSA) is 63.6 Å². The van der Waals surface area contributed by atoms with E-state index in [1.807, 2.05) is 6.07 Å². The van der Waals surface area contributed by atoms with Gasteiger partial charge < -0.3 is 19.9 Å². The average Bonchev–Trinajstić information content (AvgIpc) is 2.53. The molecule has 0 amide bonds. The highest BCUT2D eigenvalue weighted by atomic mass is 16.5. The van der Waals surface area contributed by atoms with Crippen LogP contribution in [0.25, 0.3) is 0 Å². The van der Waals surface area contributed by atoms with Crippen LogP contribution in [-0.4, -0.2) is 23.7 Å². The smallest absolute Gasteiger partial charge is 0.169 e. The molecule has 0 spiro atoms. The fraction of sp³-hybridized carbons (Fsp3) is 0.312. The lowest BCUT2D eigenvalue weighted by Gasteiger charge is -2.12. The fourth-order valence-electron chi connectivity index (χ4n) is 1.85. The standard InChI is InChI=1S/C16H20N2O3/c1-3-7-17-16-10-13(6-8-18-16)21-14-5-4-12(11-19)9-15(14)20-2/h4-6,8-10,19H,3,7,11H2,1-2H3,(H,17,18). The third-order valence-corrected chi connectivity index (χ3v) is 2.93. The number of nitrogens with one attached hydrogen (secondary N) is 1. The van der Waals surface area contributed by atoms with Gasteiger partial charge in [0.2, 0.25) is 0 Å². The molecule has 0 radical (unpaired) electrons. The van der Waals surface area contributed by atoms with Crippen LogP contribution in [0.4, 0.5) is 5.82 Å². The number of aliphatic hydroxyl groups excluding tert-OH is 1. The number of nitrogens with zero attached hydrogens (tertiary/aromatic N) is 1. The first-order valence-electron chi connectivity index (χ1n) is 6.92. The number of benzene rings is 1. The Balaban J connectivity index is 2.17. The van der Waals surface area contributed by atoms with Crippen LogP contribution in [-0.2, 0) is 6.61 Å². The Morgan fingerprint density at radius 3 is 2.76 bits per heavy atom. The molecule has 5 heteroatoms. The molecule has 112 valence electrons. The molecule has 0 fully saturated rings. The highest BCUT2D eigenvalue weighted by Gasteiger charge is 2.07. The molecule has 0 saturated carbocycles. The molecule has 2 N–H and O–H groups in total. The van der Waals surface area contributed by atoms with Gasteiger partial charge in [0, 0.05) is 18.8 Å². The van der Waals surface area contributed by atoms with Gasteiger partial charge in [0.25, 0.3) is 0 Å². The maximum absolute atomic E-state index is 9.14. The predicted molar refractivity (Wildman–Crippen MR) is 82.0 cm³/mol. The summed E-state index contributed by atoms with van der Waals surface area (Å²) in [6, 6.07) is 8.97. The number of rotatable bonds is 7. The van der Waals surface area contributed by atoms with Crippen molar-refractivity contribution in [2.45, 2.75) is 20.0 Å². The van der Waals surface area contributed by atoms with Crippen LogP contribution in [0, 0.1) is 0 Å². The third kappa shape index (κ3) is 4.10. The van der Waals surface area contributed by atoms with Crippen LogP contribution in [0.15, 0.2) is 36.5 Å². The van der Waals surface area contributed by atoms with Gasteiger partial charge >= 0.3 is 0 Å². The van der Waals surface area contributed by atoms with E-state index in [4.69, 9.17) is 14.6 Å². The monoisotopic (exact) mass is 288 g/mol. The summed E-state index contributed by atoms with van der Waals surface area (Å²) in [7, 11) is 1.57. The summed E-state index contributed by atoms with van der Waals surface area (Å²) in [6.45, 7) is 2.93. The van der Waals surface area contributed by atoms with E-state index in [2.05, 4.69) is 17.2 Å². The van der Waals surface area contributed by atoms with E-state index in [1.165, 1.54) is 0 Å². The summed E-state index contributed by atoms with van der Waals surface area (Å²) in [6.07, 6.45) is 2.73. The molecule has 21 heavy (non-hydrogen) atoms. The van der Waals surface area contributed by atoms with Crippen molar-refractivity contribution in [1.29, 1.82) is 0 Å². The molecule has 2 aromatic rings. The quantitative estimate of drug-likeness (QED) is 0.819. The summed E-state index contributed by atoms with van der Waals surface area (Å²) >= 11 is 0. The number of pyridine rings is 1. The molecule has 1 aromatic carbocycles. The normalized spacial score (nSPS) is 10.2. The molecule has 2 rings (SSSR count). The van der Waals surface area contributed by atoms with Crippen molar-refractivity contribution in [3.05, 3.63) is 42.1 Å². The molecule has 5 nitrogen and oxygen atoms in total. The number of aliphatic hydroxyl groups is 1. The van der Waals surface area contributed by atoms with Crippen LogP contribution >= 0.6 is 0 Å². The summed E-state index contributed by atoms with van der Waals surface area (Å²) in [4.78, 5) is 4.23. The number of hydrogen-bond acceptors (Lipinski definition) is 5. The average molecular weight is 288 g/mol. The van der Waals surface area contributed by atoms with Crippen LogP contribution in [0.1, 0.15) is 18.9 Å². The van der Waals surface area contributed by atoms with Gasteiger partial charge in [-0.15, -0.1) is 0 Å². The van der Waals surface area contributed by atoms with Crippen molar-refractivity contribution in [1.82, 2.24) is 4.98 Å². The van der Waals surface area contributed by atoms with E-state index >= 15 is 0 Å². The van der Waals surface area contributed by atoms with Crippen LogP contribution < -0.4 is 14.8 Å². The van der Waals surface area contributed by atoms with E-state index in [9.17, 15) is 0 Å². The van der Waals surface area contributed by atoms with Gasteiger partial charge in [-0.3, -0.25) is 0 Å². The molecule has 0 aliphatic rings. The molecule has 0 saturated heterocycles. The van der Waals surface area contributed by atoms with Crippen molar-refractivity contribution in [2.75, 3.05) is 19.0 Å². The first kappa shape index (κ1) is 15.1. The van der Waals surface area contributed by atoms with Crippen molar-refractivity contribution in [2.24, 2.45) is 0 Å². The molecular formula is C16H20N2O3. The SMILES string of the molecule is CCCNc1cc(Oc2ccc(CO)cc2OC)ccn1. The molecule has 1 aromatic heterocycles. The summed E-state index contributed by atoms with van der Waals surface area (Å²) in [5, 5.41) is 12.4. The number of ether oxygens (including phenoxy) is 2. The van der Waals surface area contributed by atoms with Crippen molar-refractivity contribution in [3.8, 4) is 17.2 Å². The zero-order valence-corrected chi connectivity index (χ0v) is 12.3. The molecule has 1 heterocycles. The minimum atomic E-state index is -0.0308. The van der Waals surface area contributed by atoms with Crippen LogP contribution in [0.2, 0.25) is 0 Å². The zero-order valence-electron chi connectivity index (χ0n) is 12.3. The Kier molecular flexibility index (Phi) is 5.40. The number of hydrogen-bond donors (Lipinski definition) is 2. The third-order valence-electron chi connectivity index (χ3n) is 2.93. The highest BCUT2D eigenvalue weighted by molar-refractivity contribution is 5.47. The molecule has 0 aliphatic carbocycles. The van der Waals surface area contributed by atoms with E-state index in [0.29, 0.717) is 17.2 Å². The fourth-order valence-corrected chi connectivity index (χ4v) is 1.85. The molecule has 0 atom stereocenters. The summed E-state index contributed by atoms with van der Waals surface area (Å²) in [5.41, 5.74) is 0.777. The number of anilines is 1. The van der Waals surface area contributed by atoms with Crippen molar-refractivity contribution < 1.29 is 14.6 Å². The zero-order chi connectivity index (χ0) is 15.1. The largest absolute Gasteiger partial charge is 0.493 e. The second-order valence-corrected chi connectivity index (χ2v) is 4.55. The summed E-state index contributed by atoms with van der Waals surface area (Å²) < 4.78 is 11.1. The second-order valence-electron chi connectivity index (χ2n) is 4.55. The Morgan fingerprint density at radius 1 is 1.19 bits per heavy atom. The highest BCUT2D eigenvalue weighted by Crippen LogP contribution is 2.32. The lowest BCUT2D eigenvalue weighted by atomic mass is 10.2. The van der Waals surface area contributed by atoms with E-state index in [-0.39, 0.29) is 6.61 Å². The van der Waals surface area contributed by atoms with E-state index < -0.39 is 0 Å². The van der Waals surface area contributed by atoms with Crippen LogP contribution in [0.3, 0.4) is 0 Å². The van der Waals surface area contributed by atoms with Gasteiger partial charge in [-0.1, -0.05) is 13.0 Å². The maximum atomic E-state index is 9.14. The first-order valence-corrected chi connectivity index (χ1v) is 6.92. The molecule has 0 aliphatic heterocycles. The first-order chi connectivity index (χ1) is 10.3. The van der Waals surface area contributed by atoms with Gasteiger partial charge in [0.05, 0.1) is 13.7 Å². The maximum Gasteiger partial charge on any atom is 0.169 e. The number of methoxy groups -OCH3 is 1. The van der Waals surface area contributed by atoms with Gasteiger partial charge in [-0.05, 0) is 30.2 Å². The van der Waals surface area contributed by atoms with Crippen LogP contribution in [0.5, 0.6) is 17.2 Å². The van der Waals surface area contributed by atoms with Gasteiger partial charge in [-0.25, -0.2) is 4.98 Å². The van der Waals surface area contributed by atoms with Crippen molar-refractivity contribution >= 4 is 5.82 Å². The second kappa shape index (κ2) is 7.50. The van der Waals surface area contributed by atoms with Gasteiger partial charge in [0.15, 0.2) is 11.5 Å². The summed E-state index contributed by atoms with van der Waals surface area (Å²) in [5.74, 6) is 2.64. The molecular weight excluding hydrogens is 268 g/mol. The Morgan fingerprint density at radius 2 is 2.05 bits per heavy atom. The van der Waals surface area contributed by atoms with E-state index in [0.717, 1.165) is 24.3 Å². The lowest BCUT2D eigenvalue weighted by molar-refractivity contribution is 0.280. The minimum absolute atomic E-state index is 0.0308.